The SMILES string of the molecule is CSCCC(N)C(=O)NC(C)C(=O)NC(CO)C(=O)NC(CC(C)C)C(=O)O. The number of rotatable bonds is 13. The molecule has 162 valence electrons. The van der Waals surface area contributed by atoms with Crippen LogP contribution in [0.25, 0.3) is 0 Å². The van der Waals surface area contributed by atoms with Crippen LogP contribution in [0, 0.1) is 5.92 Å². The predicted molar refractivity (Wildman–Crippen MR) is 107 cm³/mol. The van der Waals surface area contributed by atoms with Crippen molar-refractivity contribution >= 4 is 35.5 Å². The zero-order valence-electron chi connectivity index (χ0n) is 16.7. The molecule has 11 heteroatoms. The van der Waals surface area contributed by atoms with Gasteiger partial charge in [-0.25, -0.2) is 4.79 Å². The van der Waals surface area contributed by atoms with E-state index >= 15 is 0 Å². The van der Waals surface area contributed by atoms with Crippen molar-refractivity contribution in [2.24, 2.45) is 11.7 Å². The van der Waals surface area contributed by atoms with Gasteiger partial charge in [0.1, 0.15) is 18.1 Å². The van der Waals surface area contributed by atoms with Crippen molar-refractivity contribution in [3.8, 4) is 0 Å². The van der Waals surface area contributed by atoms with Gasteiger partial charge in [-0.15, -0.1) is 0 Å². The van der Waals surface area contributed by atoms with E-state index in [-0.39, 0.29) is 12.3 Å². The molecule has 0 fully saturated rings. The van der Waals surface area contributed by atoms with Gasteiger partial charge in [0.15, 0.2) is 0 Å². The summed E-state index contributed by atoms with van der Waals surface area (Å²) in [5.41, 5.74) is 5.73. The Hall–Kier alpha value is -1.85. The largest absolute Gasteiger partial charge is 0.480 e. The minimum Gasteiger partial charge on any atom is -0.480 e. The molecule has 0 saturated heterocycles. The van der Waals surface area contributed by atoms with Gasteiger partial charge in [-0.3, -0.25) is 14.4 Å². The van der Waals surface area contributed by atoms with E-state index in [1.165, 1.54) is 6.92 Å². The molecule has 0 rings (SSSR count). The van der Waals surface area contributed by atoms with Gasteiger partial charge in [0, 0.05) is 0 Å². The Morgan fingerprint density at radius 1 is 0.964 bits per heavy atom. The number of nitrogens with two attached hydrogens (primary N) is 1. The van der Waals surface area contributed by atoms with E-state index in [9.17, 15) is 29.4 Å². The quantitative estimate of drug-likeness (QED) is 0.213. The minimum absolute atomic E-state index is 0.0223. The molecule has 0 radical (unpaired) electrons. The van der Waals surface area contributed by atoms with Crippen LogP contribution >= 0.6 is 11.8 Å². The summed E-state index contributed by atoms with van der Waals surface area (Å²) in [7, 11) is 0. The standard InChI is InChI=1S/C17H32N4O6S/c1-9(2)7-12(17(26)27)20-16(25)13(8-22)21-14(23)10(3)19-15(24)11(18)5-6-28-4/h9-13,22H,5-8,18H2,1-4H3,(H,19,24)(H,20,25)(H,21,23)(H,26,27). The lowest BCUT2D eigenvalue weighted by atomic mass is 10.0. The van der Waals surface area contributed by atoms with Gasteiger partial charge in [0.05, 0.1) is 12.6 Å². The fraction of sp³-hybridized carbons (Fsp3) is 0.765. The summed E-state index contributed by atoms with van der Waals surface area (Å²) in [4.78, 5) is 47.6. The molecule has 28 heavy (non-hydrogen) atoms. The highest BCUT2D eigenvalue weighted by Crippen LogP contribution is 2.05. The first-order valence-electron chi connectivity index (χ1n) is 9.02. The number of carbonyl (C=O) groups excluding carboxylic acids is 3. The summed E-state index contributed by atoms with van der Waals surface area (Å²) in [6.07, 6.45) is 2.54. The summed E-state index contributed by atoms with van der Waals surface area (Å²) in [6, 6.07) is -4.22. The lowest BCUT2D eigenvalue weighted by molar-refractivity contribution is -0.143. The Morgan fingerprint density at radius 2 is 1.54 bits per heavy atom. The molecule has 0 aromatic heterocycles. The van der Waals surface area contributed by atoms with E-state index in [1.54, 1.807) is 11.8 Å². The summed E-state index contributed by atoms with van der Waals surface area (Å²) in [5.74, 6) is -2.50. The number of hydrogen-bond donors (Lipinski definition) is 6. The summed E-state index contributed by atoms with van der Waals surface area (Å²) < 4.78 is 0. The van der Waals surface area contributed by atoms with Crippen LogP contribution in [0.1, 0.15) is 33.6 Å². The monoisotopic (exact) mass is 420 g/mol. The number of carbonyl (C=O) groups is 4. The first-order chi connectivity index (χ1) is 13.0. The van der Waals surface area contributed by atoms with Gasteiger partial charge < -0.3 is 31.9 Å². The predicted octanol–water partition coefficient (Wildman–Crippen LogP) is -1.34. The molecular formula is C17H32N4O6S. The Morgan fingerprint density at radius 3 is 2.00 bits per heavy atom. The maximum Gasteiger partial charge on any atom is 0.326 e. The third-order valence-electron chi connectivity index (χ3n) is 3.86. The molecule has 0 aromatic rings. The van der Waals surface area contributed by atoms with Crippen molar-refractivity contribution < 1.29 is 29.4 Å². The van der Waals surface area contributed by atoms with Crippen molar-refractivity contribution in [2.45, 2.75) is 57.8 Å². The first-order valence-corrected chi connectivity index (χ1v) is 10.4. The number of aliphatic hydroxyl groups excluding tert-OH is 1. The number of carboxylic acids is 1. The van der Waals surface area contributed by atoms with Crippen molar-refractivity contribution in [3.63, 3.8) is 0 Å². The number of hydrogen-bond acceptors (Lipinski definition) is 7. The highest BCUT2D eigenvalue weighted by Gasteiger charge is 2.28. The van der Waals surface area contributed by atoms with Crippen LogP contribution in [-0.4, -0.2) is 76.7 Å². The number of thioether (sulfide) groups is 1. The van der Waals surface area contributed by atoms with Crippen LogP contribution < -0.4 is 21.7 Å². The highest BCUT2D eigenvalue weighted by molar-refractivity contribution is 7.98. The Balaban J connectivity index is 4.77. The van der Waals surface area contributed by atoms with Crippen molar-refractivity contribution in [1.29, 1.82) is 0 Å². The number of nitrogens with one attached hydrogen (secondary N) is 3. The van der Waals surface area contributed by atoms with Gasteiger partial charge >= 0.3 is 5.97 Å². The van der Waals surface area contributed by atoms with E-state index in [1.807, 2.05) is 20.1 Å². The molecule has 0 saturated carbocycles. The molecule has 0 heterocycles. The van der Waals surface area contributed by atoms with Gasteiger partial charge in [-0.1, -0.05) is 13.8 Å². The van der Waals surface area contributed by atoms with Crippen LogP contribution in [0.2, 0.25) is 0 Å². The Kier molecular flexibility index (Phi) is 12.5. The number of carboxylic acid groups (broad SMARTS) is 1. The molecule has 10 nitrogen and oxygen atoms in total. The first kappa shape index (κ1) is 26.1. The lowest BCUT2D eigenvalue weighted by Gasteiger charge is -2.23. The van der Waals surface area contributed by atoms with Gasteiger partial charge in [0.25, 0.3) is 0 Å². The molecule has 0 spiro atoms. The average molecular weight is 421 g/mol. The summed E-state index contributed by atoms with van der Waals surface area (Å²) in [5, 5.41) is 25.6. The molecule has 0 aliphatic rings. The van der Waals surface area contributed by atoms with Crippen LogP contribution in [0.3, 0.4) is 0 Å². The molecule has 0 aliphatic heterocycles. The molecular weight excluding hydrogens is 388 g/mol. The lowest BCUT2D eigenvalue weighted by Crippen LogP contribution is -2.57. The van der Waals surface area contributed by atoms with Gasteiger partial charge in [-0.05, 0) is 37.7 Å². The second kappa shape index (κ2) is 13.3. The molecule has 0 aliphatic carbocycles. The van der Waals surface area contributed by atoms with E-state index < -0.39 is 54.5 Å². The van der Waals surface area contributed by atoms with Crippen LogP contribution in [-0.2, 0) is 19.2 Å². The van der Waals surface area contributed by atoms with Gasteiger partial charge in [0.2, 0.25) is 17.7 Å². The number of aliphatic carboxylic acids is 1. The van der Waals surface area contributed by atoms with Crippen LogP contribution in [0.5, 0.6) is 0 Å². The molecule has 4 unspecified atom stereocenters. The molecule has 0 bridgehead atoms. The fourth-order valence-corrected chi connectivity index (χ4v) is 2.71. The van der Waals surface area contributed by atoms with Crippen LogP contribution in [0.4, 0.5) is 0 Å². The Labute approximate surface area is 169 Å². The van der Waals surface area contributed by atoms with Crippen molar-refractivity contribution in [1.82, 2.24) is 16.0 Å². The molecule has 3 amide bonds. The molecule has 0 aromatic carbocycles. The topological polar surface area (TPSA) is 171 Å². The fourth-order valence-electron chi connectivity index (χ4n) is 2.22. The maximum atomic E-state index is 12.2. The Bertz CT molecular complexity index is 546. The second-order valence-electron chi connectivity index (χ2n) is 6.89. The normalized spacial score (nSPS) is 15.2. The van der Waals surface area contributed by atoms with Gasteiger partial charge in [-0.2, -0.15) is 11.8 Å². The summed E-state index contributed by atoms with van der Waals surface area (Å²) >= 11 is 1.54. The van der Waals surface area contributed by atoms with E-state index in [2.05, 4.69) is 16.0 Å². The molecule has 4 atom stereocenters. The number of aliphatic hydroxyl groups is 1. The molecule has 7 N–H and O–H groups in total. The highest BCUT2D eigenvalue weighted by atomic mass is 32.2. The summed E-state index contributed by atoms with van der Waals surface area (Å²) in [6.45, 7) is 4.31. The van der Waals surface area contributed by atoms with E-state index in [4.69, 9.17) is 5.73 Å². The zero-order chi connectivity index (χ0) is 21.9. The number of amides is 3. The maximum absolute atomic E-state index is 12.2. The minimum atomic E-state index is -1.34. The average Bonchev–Trinajstić information content (AvgIpc) is 2.62. The second-order valence-corrected chi connectivity index (χ2v) is 7.88. The van der Waals surface area contributed by atoms with E-state index in [0.717, 1.165) is 0 Å². The van der Waals surface area contributed by atoms with Crippen LogP contribution in [0.15, 0.2) is 0 Å². The van der Waals surface area contributed by atoms with E-state index in [0.29, 0.717) is 12.2 Å². The third kappa shape index (κ3) is 9.90. The third-order valence-corrected chi connectivity index (χ3v) is 4.50. The zero-order valence-corrected chi connectivity index (χ0v) is 17.5. The van der Waals surface area contributed by atoms with Crippen molar-refractivity contribution in [2.75, 3.05) is 18.6 Å². The smallest absolute Gasteiger partial charge is 0.326 e. The van der Waals surface area contributed by atoms with Crippen molar-refractivity contribution in [3.05, 3.63) is 0 Å².